The molecule has 0 bridgehead atoms. The minimum absolute atomic E-state index is 0.181. The Bertz CT molecular complexity index is 452. The number of carbonyl (C=O) groups is 1. The molecule has 0 aliphatic rings. The molecule has 0 atom stereocenters. The lowest BCUT2D eigenvalue weighted by Crippen LogP contribution is -2.12. The van der Waals surface area contributed by atoms with E-state index in [0.717, 1.165) is 31.4 Å². The molecule has 0 unspecified atom stereocenters. The summed E-state index contributed by atoms with van der Waals surface area (Å²) in [7, 11) is 0. The molecule has 0 heterocycles. The number of benzene rings is 1. The molecule has 0 saturated carbocycles. The second kappa shape index (κ2) is 10.3. The number of hydrogen-bond acceptors (Lipinski definition) is 1. The molecule has 22 heavy (non-hydrogen) atoms. The van der Waals surface area contributed by atoms with E-state index < -0.39 is 5.92 Å². The molecule has 1 aromatic rings. The van der Waals surface area contributed by atoms with Gasteiger partial charge in [-0.25, -0.2) is 8.78 Å². The van der Waals surface area contributed by atoms with Crippen molar-refractivity contribution in [2.45, 2.75) is 64.2 Å². The third kappa shape index (κ3) is 8.06. The van der Waals surface area contributed by atoms with Crippen LogP contribution in [-0.2, 0) is 0 Å². The van der Waals surface area contributed by atoms with Crippen molar-refractivity contribution in [1.82, 2.24) is 0 Å². The van der Waals surface area contributed by atoms with Gasteiger partial charge < -0.3 is 0 Å². The van der Waals surface area contributed by atoms with Crippen molar-refractivity contribution in [3.63, 3.8) is 0 Å². The number of halogens is 2. The standard InChI is InChI=1S/C19H26F2O/c1-2-3-4-5-6-7-11-15-19(20,21)16-14-18(22)17-12-9-8-10-13-17/h8-10,12-14,16H,2-7,11,15H2,1H3/b16-14+. The van der Waals surface area contributed by atoms with Gasteiger partial charge in [0.1, 0.15) is 0 Å². The Kier molecular flexibility index (Phi) is 8.64. The zero-order valence-corrected chi connectivity index (χ0v) is 13.4. The van der Waals surface area contributed by atoms with Gasteiger partial charge in [0.25, 0.3) is 5.92 Å². The van der Waals surface area contributed by atoms with E-state index in [1.807, 2.05) is 0 Å². The molecule has 1 aromatic carbocycles. The maximum absolute atomic E-state index is 13.7. The highest BCUT2D eigenvalue weighted by atomic mass is 19.3. The molecule has 0 amide bonds. The molecule has 0 aliphatic carbocycles. The molecule has 0 aromatic heterocycles. The van der Waals surface area contributed by atoms with Crippen LogP contribution in [0, 0.1) is 0 Å². The fourth-order valence-electron chi connectivity index (χ4n) is 2.30. The molecular weight excluding hydrogens is 282 g/mol. The van der Waals surface area contributed by atoms with Crippen molar-refractivity contribution in [1.29, 1.82) is 0 Å². The van der Waals surface area contributed by atoms with E-state index in [1.165, 1.54) is 19.3 Å². The van der Waals surface area contributed by atoms with Crippen LogP contribution in [0.1, 0.15) is 68.6 Å². The van der Waals surface area contributed by atoms with Crippen LogP contribution < -0.4 is 0 Å². The smallest absolute Gasteiger partial charge is 0.266 e. The van der Waals surface area contributed by atoms with Gasteiger partial charge in [-0.2, -0.15) is 0 Å². The van der Waals surface area contributed by atoms with Gasteiger partial charge in [-0.1, -0.05) is 75.8 Å². The Morgan fingerprint density at radius 2 is 1.59 bits per heavy atom. The van der Waals surface area contributed by atoms with E-state index >= 15 is 0 Å². The van der Waals surface area contributed by atoms with Crippen molar-refractivity contribution in [3.05, 3.63) is 48.0 Å². The molecule has 0 spiro atoms. The Hall–Kier alpha value is -1.51. The lowest BCUT2D eigenvalue weighted by atomic mass is 10.0. The average Bonchev–Trinajstić information content (AvgIpc) is 2.52. The number of rotatable bonds is 11. The highest BCUT2D eigenvalue weighted by molar-refractivity contribution is 6.04. The maximum atomic E-state index is 13.7. The minimum atomic E-state index is -2.89. The van der Waals surface area contributed by atoms with Crippen LogP contribution in [0.25, 0.3) is 0 Å². The van der Waals surface area contributed by atoms with E-state index in [2.05, 4.69) is 6.92 Å². The molecule has 0 radical (unpaired) electrons. The number of allylic oxidation sites excluding steroid dienone is 2. The summed E-state index contributed by atoms with van der Waals surface area (Å²) in [6.07, 6.45) is 8.65. The van der Waals surface area contributed by atoms with E-state index in [9.17, 15) is 13.6 Å². The summed E-state index contributed by atoms with van der Waals surface area (Å²) in [4.78, 5) is 11.7. The SMILES string of the molecule is CCCCCCCCCC(F)(F)/C=C/C(=O)c1ccccc1. The molecule has 0 aliphatic heterocycles. The molecule has 0 fully saturated rings. The van der Waals surface area contributed by atoms with E-state index in [0.29, 0.717) is 12.0 Å². The van der Waals surface area contributed by atoms with E-state index in [-0.39, 0.29) is 12.2 Å². The predicted molar refractivity (Wildman–Crippen MR) is 87.5 cm³/mol. The van der Waals surface area contributed by atoms with Crippen molar-refractivity contribution in [2.75, 3.05) is 0 Å². The third-order valence-corrected chi connectivity index (χ3v) is 3.65. The van der Waals surface area contributed by atoms with Gasteiger partial charge in [0.2, 0.25) is 0 Å². The van der Waals surface area contributed by atoms with Crippen molar-refractivity contribution < 1.29 is 13.6 Å². The second-order valence-electron chi connectivity index (χ2n) is 5.70. The Labute approximate surface area is 132 Å². The van der Waals surface area contributed by atoms with Gasteiger partial charge in [-0.15, -0.1) is 0 Å². The summed E-state index contributed by atoms with van der Waals surface area (Å²) < 4.78 is 27.4. The first-order valence-corrected chi connectivity index (χ1v) is 8.21. The van der Waals surface area contributed by atoms with Crippen LogP contribution in [0.2, 0.25) is 0 Å². The lowest BCUT2D eigenvalue weighted by molar-refractivity contribution is 0.0422. The van der Waals surface area contributed by atoms with E-state index in [4.69, 9.17) is 0 Å². The monoisotopic (exact) mass is 308 g/mol. The Balaban J connectivity index is 2.28. The van der Waals surface area contributed by atoms with Crippen molar-refractivity contribution in [3.8, 4) is 0 Å². The maximum Gasteiger partial charge on any atom is 0.266 e. The Morgan fingerprint density at radius 3 is 2.23 bits per heavy atom. The largest absolute Gasteiger partial charge is 0.289 e. The lowest BCUT2D eigenvalue weighted by Gasteiger charge is -2.11. The first kappa shape index (κ1) is 18.5. The van der Waals surface area contributed by atoms with Crippen LogP contribution in [0.5, 0.6) is 0 Å². The summed E-state index contributed by atoms with van der Waals surface area (Å²) in [6.45, 7) is 2.16. The predicted octanol–water partition coefficient (Wildman–Crippen LogP) is 6.20. The van der Waals surface area contributed by atoms with Crippen LogP contribution in [0.4, 0.5) is 8.78 Å². The second-order valence-corrected chi connectivity index (χ2v) is 5.70. The molecule has 3 heteroatoms. The molecule has 1 nitrogen and oxygen atoms in total. The zero-order chi connectivity index (χ0) is 16.3. The quantitative estimate of drug-likeness (QED) is 0.270. The van der Waals surface area contributed by atoms with Crippen LogP contribution in [0.15, 0.2) is 42.5 Å². The van der Waals surface area contributed by atoms with Gasteiger partial charge in [-0.3, -0.25) is 4.79 Å². The van der Waals surface area contributed by atoms with Gasteiger partial charge in [-0.05, 0) is 18.6 Å². The molecule has 0 saturated heterocycles. The van der Waals surface area contributed by atoms with Gasteiger partial charge in [0.05, 0.1) is 0 Å². The van der Waals surface area contributed by atoms with Crippen molar-refractivity contribution >= 4 is 5.78 Å². The van der Waals surface area contributed by atoms with Crippen LogP contribution in [-0.4, -0.2) is 11.7 Å². The minimum Gasteiger partial charge on any atom is -0.289 e. The summed E-state index contributed by atoms with van der Waals surface area (Å²) in [5, 5.41) is 0. The van der Waals surface area contributed by atoms with Crippen molar-refractivity contribution in [2.24, 2.45) is 0 Å². The fourth-order valence-corrected chi connectivity index (χ4v) is 2.30. The summed E-state index contributed by atoms with van der Waals surface area (Å²) in [5.41, 5.74) is 0.436. The number of carbonyl (C=O) groups excluding carboxylic acids is 1. The van der Waals surface area contributed by atoms with Gasteiger partial charge in [0, 0.05) is 12.0 Å². The summed E-state index contributed by atoms with van der Waals surface area (Å²) in [5.74, 6) is -3.27. The normalized spacial score (nSPS) is 12.0. The summed E-state index contributed by atoms with van der Waals surface area (Å²) >= 11 is 0. The van der Waals surface area contributed by atoms with Crippen LogP contribution >= 0.6 is 0 Å². The Morgan fingerprint density at radius 1 is 1.00 bits per heavy atom. The zero-order valence-electron chi connectivity index (χ0n) is 13.4. The summed E-state index contributed by atoms with van der Waals surface area (Å²) in [6, 6.07) is 8.48. The third-order valence-electron chi connectivity index (χ3n) is 3.65. The number of hydrogen-bond donors (Lipinski definition) is 0. The molecule has 0 N–H and O–H groups in total. The average molecular weight is 308 g/mol. The fraction of sp³-hybridized carbons (Fsp3) is 0.526. The van der Waals surface area contributed by atoms with Gasteiger partial charge >= 0.3 is 0 Å². The number of unbranched alkanes of at least 4 members (excludes halogenated alkanes) is 6. The topological polar surface area (TPSA) is 17.1 Å². The highest BCUT2D eigenvalue weighted by Crippen LogP contribution is 2.24. The number of ketones is 1. The van der Waals surface area contributed by atoms with E-state index in [1.54, 1.807) is 30.3 Å². The molecular formula is C19H26F2O. The number of alkyl halides is 2. The highest BCUT2D eigenvalue weighted by Gasteiger charge is 2.24. The van der Waals surface area contributed by atoms with Crippen LogP contribution in [0.3, 0.4) is 0 Å². The first-order chi connectivity index (χ1) is 10.5. The van der Waals surface area contributed by atoms with Gasteiger partial charge in [0.15, 0.2) is 5.78 Å². The first-order valence-electron chi connectivity index (χ1n) is 8.21. The molecule has 1 rings (SSSR count). The molecule has 122 valence electrons.